The smallest absolute Gasteiger partial charge is 0.255 e. The first-order chi connectivity index (χ1) is 21.1. The number of ether oxygens (including phenoxy) is 1. The number of fused-ring (bicyclic) bond motifs is 1. The molecule has 0 bridgehead atoms. The van der Waals surface area contributed by atoms with Crippen molar-refractivity contribution in [2.45, 2.75) is 10.1 Å². The Kier molecular flexibility index (Phi) is 8.19. The number of benzene rings is 5. The third kappa shape index (κ3) is 6.60. The zero-order valence-electron chi connectivity index (χ0n) is 23.2. The molecule has 6 rings (SSSR count). The number of thioether (sulfide) groups is 1. The summed E-state index contributed by atoms with van der Waals surface area (Å²) in [6.07, 6.45) is 0. The molecule has 43 heavy (non-hydrogen) atoms. The largest absolute Gasteiger partial charge is 0.497 e. The van der Waals surface area contributed by atoms with Crippen LogP contribution in [0.1, 0.15) is 21.2 Å². The van der Waals surface area contributed by atoms with Crippen molar-refractivity contribution >= 4 is 46.1 Å². The van der Waals surface area contributed by atoms with Gasteiger partial charge in [0.25, 0.3) is 5.91 Å². The Balaban J connectivity index is 1.15. The van der Waals surface area contributed by atoms with Gasteiger partial charge in [-0.3, -0.25) is 9.59 Å². The van der Waals surface area contributed by atoms with Crippen LogP contribution in [0.25, 0.3) is 22.6 Å². The van der Waals surface area contributed by atoms with Crippen LogP contribution in [-0.4, -0.2) is 23.9 Å². The van der Waals surface area contributed by atoms with Crippen LogP contribution in [0.15, 0.2) is 137 Å². The van der Waals surface area contributed by atoms with Gasteiger partial charge in [-0.05, 0) is 84.4 Å². The Bertz CT molecular complexity index is 1840. The van der Waals surface area contributed by atoms with E-state index in [1.807, 2.05) is 103 Å². The maximum atomic E-state index is 13.6. The van der Waals surface area contributed by atoms with E-state index in [2.05, 4.69) is 15.6 Å². The van der Waals surface area contributed by atoms with Gasteiger partial charge in [-0.1, -0.05) is 48.5 Å². The molecular weight excluding hydrogens is 558 g/mol. The molecule has 2 N–H and O–H groups in total. The van der Waals surface area contributed by atoms with Crippen LogP contribution in [-0.2, 0) is 4.79 Å². The number of hydrogen-bond donors (Lipinski definition) is 2. The lowest BCUT2D eigenvalue weighted by atomic mass is 10.1. The quantitative estimate of drug-likeness (QED) is 0.166. The number of para-hydroxylation sites is 2. The van der Waals surface area contributed by atoms with Gasteiger partial charge in [0.15, 0.2) is 5.58 Å². The van der Waals surface area contributed by atoms with E-state index in [-0.39, 0.29) is 11.8 Å². The molecule has 0 radical (unpaired) electrons. The Hall–Kier alpha value is -5.34. The van der Waals surface area contributed by atoms with Crippen molar-refractivity contribution in [1.29, 1.82) is 0 Å². The highest BCUT2D eigenvalue weighted by Crippen LogP contribution is 2.37. The molecule has 0 fully saturated rings. The van der Waals surface area contributed by atoms with Gasteiger partial charge in [-0.15, -0.1) is 11.8 Å². The molecule has 0 aliphatic rings. The van der Waals surface area contributed by atoms with Gasteiger partial charge >= 0.3 is 0 Å². The Labute approximate surface area is 252 Å². The van der Waals surface area contributed by atoms with Crippen molar-refractivity contribution in [3.63, 3.8) is 0 Å². The zero-order chi connectivity index (χ0) is 29.6. The molecule has 6 aromatic rings. The van der Waals surface area contributed by atoms with E-state index in [0.717, 1.165) is 27.1 Å². The summed E-state index contributed by atoms with van der Waals surface area (Å²) in [5.41, 5.74) is 5.04. The highest BCUT2D eigenvalue weighted by atomic mass is 32.2. The van der Waals surface area contributed by atoms with Gasteiger partial charge in [-0.2, -0.15) is 0 Å². The van der Waals surface area contributed by atoms with E-state index in [4.69, 9.17) is 9.15 Å². The maximum Gasteiger partial charge on any atom is 0.255 e. The van der Waals surface area contributed by atoms with Crippen LogP contribution in [0.5, 0.6) is 5.75 Å². The fraction of sp³-hybridized carbons (Fsp3) is 0.0571. The van der Waals surface area contributed by atoms with Crippen molar-refractivity contribution in [1.82, 2.24) is 4.98 Å². The number of nitrogens with one attached hydrogen (secondary N) is 2. The molecule has 0 saturated carbocycles. The van der Waals surface area contributed by atoms with Crippen LogP contribution in [0.4, 0.5) is 11.4 Å². The monoisotopic (exact) mass is 585 g/mol. The average molecular weight is 586 g/mol. The number of methoxy groups -OCH3 is 1. The summed E-state index contributed by atoms with van der Waals surface area (Å²) in [5, 5.41) is 5.46. The van der Waals surface area contributed by atoms with E-state index < -0.39 is 5.25 Å². The number of aromatic nitrogens is 1. The lowest BCUT2D eigenvalue weighted by Crippen LogP contribution is -2.19. The topological polar surface area (TPSA) is 93.5 Å². The average Bonchev–Trinajstić information content (AvgIpc) is 3.49. The lowest BCUT2D eigenvalue weighted by molar-refractivity contribution is -0.115. The third-order valence-corrected chi connectivity index (χ3v) is 8.00. The van der Waals surface area contributed by atoms with Crippen molar-refractivity contribution in [2.24, 2.45) is 0 Å². The molecular formula is C35H27N3O4S. The van der Waals surface area contributed by atoms with Gasteiger partial charge in [-0.25, -0.2) is 4.98 Å². The highest BCUT2D eigenvalue weighted by molar-refractivity contribution is 8.00. The Morgan fingerprint density at radius 2 is 1.47 bits per heavy atom. The van der Waals surface area contributed by atoms with E-state index in [1.165, 1.54) is 11.8 Å². The summed E-state index contributed by atoms with van der Waals surface area (Å²) in [6.45, 7) is 0. The van der Waals surface area contributed by atoms with Gasteiger partial charge in [0.05, 0.1) is 7.11 Å². The summed E-state index contributed by atoms with van der Waals surface area (Å²) in [6, 6.07) is 39.1. The Morgan fingerprint density at radius 1 is 0.767 bits per heavy atom. The molecule has 7 nitrogen and oxygen atoms in total. The van der Waals surface area contributed by atoms with E-state index in [0.29, 0.717) is 28.6 Å². The summed E-state index contributed by atoms with van der Waals surface area (Å²) in [5.74, 6) is 0.757. The van der Waals surface area contributed by atoms with E-state index in [1.54, 1.807) is 31.4 Å². The minimum absolute atomic E-state index is 0.152. The van der Waals surface area contributed by atoms with Crippen molar-refractivity contribution < 1.29 is 18.7 Å². The molecule has 0 aliphatic carbocycles. The molecule has 2 amide bonds. The number of hydrogen-bond acceptors (Lipinski definition) is 6. The molecule has 0 saturated heterocycles. The van der Waals surface area contributed by atoms with Crippen molar-refractivity contribution in [3.8, 4) is 17.2 Å². The van der Waals surface area contributed by atoms with Crippen LogP contribution < -0.4 is 15.4 Å². The number of amides is 2. The fourth-order valence-electron chi connectivity index (χ4n) is 4.52. The van der Waals surface area contributed by atoms with Gasteiger partial charge < -0.3 is 19.8 Å². The number of carbonyl (C=O) groups excluding carboxylic acids is 2. The molecule has 5 aromatic carbocycles. The molecule has 0 spiro atoms. The molecule has 1 aromatic heterocycles. The molecule has 1 unspecified atom stereocenters. The lowest BCUT2D eigenvalue weighted by Gasteiger charge is -2.17. The number of nitrogens with zero attached hydrogens (tertiary/aromatic N) is 1. The predicted molar refractivity (Wildman–Crippen MR) is 171 cm³/mol. The number of anilines is 2. The minimum Gasteiger partial charge on any atom is -0.497 e. The van der Waals surface area contributed by atoms with Crippen LogP contribution in [0.3, 0.4) is 0 Å². The SMILES string of the molecule is COc1cccc(C(=O)Nc2ccc(SC(C(=O)Nc3ccc(-c4nc5ccccc5o4)cc3)c3ccccc3)cc2)c1. The predicted octanol–water partition coefficient (Wildman–Crippen LogP) is 8.23. The normalized spacial score (nSPS) is 11.6. The second-order valence-electron chi connectivity index (χ2n) is 9.67. The van der Waals surface area contributed by atoms with Crippen LogP contribution >= 0.6 is 11.8 Å². The summed E-state index contributed by atoms with van der Waals surface area (Å²) < 4.78 is 11.1. The summed E-state index contributed by atoms with van der Waals surface area (Å²) in [7, 11) is 1.56. The second-order valence-corrected chi connectivity index (χ2v) is 10.9. The van der Waals surface area contributed by atoms with Crippen molar-refractivity contribution in [3.05, 3.63) is 139 Å². The van der Waals surface area contributed by atoms with Crippen LogP contribution in [0.2, 0.25) is 0 Å². The first-order valence-corrected chi connectivity index (χ1v) is 14.5. The number of oxazole rings is 1. The van der Waals surface area contributed by atoms with E-state index in [9.17, 15) is 9.59 Å². The first kappa shape index (κ1) is 27.8. The van der Waals surface area contributed by atoms with E-state index >= 15 is 0 Å². The minimum atomic E-state index is -0.504. The standard InChI is InChI=1S/C35H27N3O4S/c1-41-28-11-7-10-25(22-28)33(39)36-27-18-20-29(21-19-27)43-32(23-8-3-2-4-9-23)34(40)37-26-16-14-24(15-17-26)35-38-30-12-5-6-13-31(30)42-35/h2-22,32H,1H3,(H,36,39)(H,37,40). The number of rotatable bonds is 9. The molecule has 1 heterocycles. The third-order valence-electron chi connectivity index (χ3n) is 6.73. The Morgan fingerprint density at radius 3 is 2.21 bits per heavy atom. The van der Waals surface area contributed by atoms with Gasteiger partial charge in [0.2, 0.25) is 11.8 Å². The summed E-state index contributed by atoms with van der Waals surface area (Å²) >= 11 is 1.43. The maximum absolute atomic E-state index is 13.6. The second kappa shape index (κ2) is 12.7. The fourth-order valence-corrected chi connectivity index (χ4v) is 5.55. The zero-order valence-corrected chi connectivity index (χ0v) is 24.0. The first-order valence-electron chi connectivity index (χ1n) is 13.6. The number of carbonyl (C=O) groups is 2. The van der Waals surface area contributed by atoms with Gasteiger partial charge in [0.1, 0.15) is 16.5 Å². The highest BCUT2D eigenvalue weighted by Gasteiger charge is 2.22. The molecule has 1 atom stereocenters. The van der Waals surface area contributed by atoms with Crippen molar-refractivity contribution in [2.75, 3.05) is 17.7 Å². The van der Waals surface area contributed by atoms with Gasteiger partial charge in [0, 0.05) is 27.4 Å². The molecule has 0 aliphatic heterocycles. The molecule has 212 valence electrons. The van der Waals surface area contributed by atoms with Crippen LogP contribution in [0, 0.1) is 0 Å². The summed E-state index contributed by atoms with van der Waals surface area (Å²) in [4.78, 5) is 31.7. The molecule has 8 heteroatoms.